The Bertz CT molecular complexity index is 418. The van der Waals surface area contributed by atoms with Crippen molar-refractivity contribution >= 4 is 23.4 Å². The molecule has 0 aliphatic rings. The zero-order chi connectivity index (χ0) is 13.0. The third-order valence-electron chi connectivity index (χ3n) is 2.01. The molecule has 1 heterocycles. The zero-order valence-corrected chi connectivity index (χ0v) is 10.2. The molecule has 1 amide bonds. The maximum atomic E-state index is 11.7. The molecule has 0 aliphatic carbocycles. The number of carboxylic acid groups (broad SMARTS) is 1. The highest BCUT2D eigenvalue weighted by atomic mass is 32.1. The number of aromatic nitrogens is 2. The van der Waals surface area contributed by atoms with Crippen molar-refractivity contribution in [3.63, 3.8) is 0 Å². The van der Waals surface area contributed by atoms with Gasteiger partial charge in [0, 0.05) is 0 Å². The number of nitrogens with zero attached hydrogens (tertiary/aromatic N) is 2. The molecule has 94 valence electrons. The number of aliphatic hydroxyl groups is 1. The number of hydrogen-bond acceptors (Lipinski definition) is 6. The van der Waals surface area contributed by atoms with Crippen molar-refractivity contribution in [3.8, 4) is 0 Å². The predicted molar refractivity (Wildman–Crippen MR) is 60.0 cm³/mol. The minimum absolute atomic E-state index is 0.0545. The highest BCUT2D eigenvalue weighted by Crippen LogP contribution is 2.19. The summed E-state index contributed by atoms with van der Waals surface area (Å²) in [6, 6.07) is 0. The lowest BCUT2D eigenvalue weighted by atomic mass is 10.1. The molecule has 8 heteroatoms. The van der Waals surface area contributed by atoms with Crippen molar-refractivity contribution in [2.45, 2.75) is 25.9 Å². The fraction of sp³-hybridized carbons (Fsp3) is 0.556. The van der Waals surface area contributed by atoms with Gasteiger partial charge in [0.15, 0.2) is 6.10 Å². The Kier molecular flexibility index (Phi) is 4.53. The van der Waals surface area contributed by atoms with Gasteiger partial charge in [0.25, 0.3) is 5.91 Å². The van der Waals surface area contributed by atoms with Crippen LogP contribution in [0.2, 0.25) is 0 Å². The molecule has 1 aromatic heterocycles. The Hall–Kier alpha value is -1.54. The van der Waals surface area contributed by atoms with Crippen LogP contribution in [0.5, 0.6) is 0 Å². The Labute approximate surface area is 102 Å². The minimum Gasteiger partial charge on any atom is -0.479 e. The first-order valence-corrected chi connectivity index (χ1v) is 5.72. The maximum Gasteiger partial charge on any atom is 0.334 e. The summed E-state index contributed by atoms with van der Waals surface area (Å²) in [5.74, 6) is -1.79. The second-order valence-corrected chi connectivity index (χ2v) is 4.46. The van der Waals surface area contributed by atoms with E-state index >= 15 is 0 Å². The van der Waals surface area contributed by atoms with Crippen molar-refractivity contribution in [3.05, 3.63) is 10.6 Å². The lowest BCUT2D eigenvalue weighted by Crippen LogP contribution is -2.36. The monoisotopic (exact) mass is 259 g/mol. The number of rotatable bonds is 5. The van der Waals surface area contributed by atoms with E-state index in [0.717, 1.165) is 11.5 Å². The van der Waals surface area contributed by atoms with Gasteiger partial charge in [-0.25, -0.2) is 4.79 Å². The van der Waals surface area contributed by atoms with Crippen LogP contribution in [0.15, 0.2) is 0 Å². The van der Waals surface area contributed by atoms with Crippen molar-refractivity contribution in [2.24, 2.45) is 0 Å². The molecule has 0 spiro atoms. The van der Waals surface area contributed by atoms with Gasteiger partial charge in [0.05, 0.1) is 12.2 Å². The normalized spacial score (nSPS) is 12.5. The van der Waals surface area contributed by atoms with E-state index in [1.807, 2.05) is 13.8 Å². The minimum atomic E-state index is -1.61. The molecule has 0 aliphatic heterocycles. The molecule has 1 aromatic rings. The summed E-state index contributed by atoms with van der Waals surface area (Å²) < 4.78 is 3.68. The number of aliphatic hydroxyl groups excluding tert-OH is 1. The number of carbonyl (C=O) groups excluding carboxylic acids is 1. The summed E-state index contributed by atoms with van der Waals surface area (Å²) in [6.07, 6.45) is -1.61. The average Bonchev–Trinajstić information content (AvgIpc) is 2.73. The van der Waals surface area contributed by atoms with Crippen molar-refractivity contribution in [2.75, 3.05) is 6.54 Å². The van der Waals surface area contributed by atoms with E-state index < -0.39 is 18.0 Å². The summed E-state index contributed by atoms with van der Waals surface area (Å²) in [5.41, 5.74) is 0.567. The van der Waals surface area contributed by atoms with Gasteiger partial charge in [-0.1, -0.05) is 18.3 Å². The molecule has 17 heavy (non-hydrogen) atoms. The van der Waals surface area contributed by atoms with Crippen LogP contribution in [0.4, 0.5) is 0 Å². The van der Waals surface area contributed by atoms with Gasteiger partial charge in [0.2, 0.25) is 0 Å². The fourth-order valence-corrected chi connectivity index (χ4v) is 1.83. The molecule has 1 rings (SSSR count). The topological polar surface area (TPSA) is 112 Å². The van der Waals surface area contributed by atoms with E-state index in [9.17, 15) is 9.59 Å². The number of hydrogen-bond donors (Lipinski definition) is 3. The van der Waals surface area contributed by atoms with E-state index in [0.29, 0.717) is 10.6 Å². The smallest absolute Gasteiger partial charge is 0.334 e. The summed E-state index contributed by atoms with van der Waals surface area (Å²) in [7, 11) is 0. The lowest BCUT2D eigenvalue weighted by molar-refractivity contribution is -0.146. The van der Waals surface area contributed by atoms with Crippen LogP contribution < -0.4 is 5.32 Å². The molecular weight excluding hydrogens is 246 g/mol. The average molecular weight is 259 g/mol. The molecule has 0 bridgehead atoms. The van der Waals surface area contributed by atoms with Crippen LogP contribution >= 0.6 is 11.5 Å². The van der Waals surface area contributed by atoms with E-state index in [1.165, 1.54) is 0 Å². The zero-order valence-electron chi connectivity index (χ0n) is 9.38. The van der Waals surface area contributed by atoms with Gasteiger partial charge in [-0.2, -0.15) is 0 Å². The van der Waals surface area contributed by atoms with Gasteiger partial charge in [-0.05, 0) is 17.5 Å². The molecule has 0 saturated carbocycles. The third kappa shape index (κ3) is 3.46. The number of aliphatic carboxylic acids is 1. The molecule has 7 nitrogen and oxygen atoms in total. The summed E-state index contributed by atoms with van der Waals surface area (Å²) in [5, 5.41) is 23.6. The molecule has 0 fully saturated rings. The first-order valence-electron chi connectivity index (χ1n) is 4.94. The van der Waals surface area contributed by atoms with Crippen molar-refractivity contribution in [1.82, 2.24) is 14.9 Å². The quantitative estimate of drug-likeness (QED) is 0.677. The first kappa shape index (κ1) is 13.5. The van der Waals surface area contributed by atoms with Gasteiger partial charge in [0.1, 0.15) is 4.88 Å². The summed E-state index contributed by atoms with van der Waals surface area (Å²) >= 11 is 0.944. The van der Waals surface area contributed by atoms with E-state index in [2.05, 4.69) is 14.9 Å². The van der Waals surface area contributed by atoms with Crippen LogP contribution in [-0.4, -0.2) is 44.3 Å². The van der Waals surface area contributed by atoms with Crippen LogP contribution in [0, 0.1) is 0 Å². The number of nitrogens with one attached hydrogen (secondary N) is 1. The van der Waals surface area contributed by atoms with Gasteiger partial charge in [-0.15, -0.1) is 5.10 Å². The van der Waals surface area contributed by atoms with Crippen LogP contribution in [0.25, 0.3) is 0 Å². The van der Waals surface area contributed by atoms with Crippen molar-refractivity contribution in [1.29, 1.82) is 0 Å². The second-order valence-electron chi connectivity index (χ2n) is 3.71. The number of carboxylic acids is 1. The predicted octanol–water partition coefficient (Wildman–Crippen LogP) is -0.163. The highest BCUT2D eigenvalue weighted by molar-refractivity contribution is 7.08. The molecular formula is C9H13N3O4S. The lowest BCUT2D eigenvalue weighted by Gasteiger charge is -2.07. The molecule has 3 N–H and O–H groups in total. The van der Waals surface area contributed by atoms with Crippen LogP contribution in [0.1, 0.15) is 35.1 Å². The number of carbonyl (C=O) groups is 2. The molecule has 0 radical (unpaired) electrons. The fourth-order valence-electron chi connectivity index (χ4n) is 1.09. The SMILES string of the molecule is CC(C)c1nnsc1C(=O)NC[C@H](O)C(=O)O. The molecule has 0 saturated heterocycles. The van der Waals surface area contributed by atoms with E-state index in [4.69, 9.17) is 10.2 Å². The first-order chi connectivity index (χ1) is 7.93. The van der Waals surface area contributed by atoms with Gasteiger partial charge < -0.3 is 15.5 Å². The van der Waals surface area contributed by atoms with Crippen LogP contribution in [0.3, 0.4) is 0 Å². The Balaban J connectivity index is 2.64. The second kappa shape index (κ2) is 5.69. The van der Waals surface area contributed by atoms with E-state index in [-0.39, 0.29) is 12.5 Å². The maximum absolute atomic E-state index is 11.7. The Morgan fingerprint density at radius 2 is 2.12 bits per heavy atom. The third-order valence-corrected chi connectivity index (χ3v) is 2.75. The highest BCUT2D eigenvalue weighted by Gasteiger charge is 2.20. The Morgan fingerprint density at radius 1 is 1.47 bits per heavy atom. The summed E-state index contributed by atoms with van der Waals surface area (Å²) in [4.78, 5) is 22.4. The van der Waals surface area contributed by atoms with Gasteiger partial charge >= 0.3 is 5.97 Å². The standard InChI is InChI=1S/C9H13N3O4S/c1-4(2)6-7(17-12-11-6)8(14)10-3-5(13)9(15)16/h4-5,13H,3H2,1-2H3,(H,10,14)(H,15,16)/t5-/m0/s1. The molecule has 0 unspecified atom stereocenters. The molecule has 0 aromatic carbocycles. The van der Waals surface area contributed by atoms with Gasteiger partial charge in [-0.3, -0.25) is 4.79 Å². The van der Waals surface area contributed by atoms with Crippen LogP contribution in [-0.2, 0) is 4.79 Å². The number of amides is 1. The molecule has 1 atom stereocenters. The Morgan fingerprint density at radius 3 is 2.65 bits per heavy atom. The largest absolute Gasteiger partial charge is 0.479 e. The van der Waals surface area contributed by atoms with Crippen molar-refractivity contribution < 1.29 is 19.8 Å². The summed E-state index contributed by atoms with van der Waals surface area (Å²) in [6.45, 7) is 3.41. The van der Waals surface area contributed by atoms with E-state index in [1.54, 1.807) is 0 Å².